The zero-order valence-corrected chi connectivity index (χ0v) is 13.0. The number of nitrogens with two attached hydrogens (primary N) is 1. The molecule has 20 heavy (non-hydrogen) atoms. The summed E-state index contributed by atoms with van der Waals surface area (Å²) in [4.78, 5) is 8.90. The van der Waals surface area contributed by atoms with E-state index >= 15 is 0 Å². The van der Waals surface area contributed by atoms with Crippen LogP contribution in [0.5, 0.6) is 0 Å². The van der Waals surface area contributed by atoms with E-state index in [9.17, 15) is 0 Å². The number of fused-ring (bicyclic) bond motifs is 1. The number of aromatic nitrogens is 3. The number of hydrogen-bond acceptors (Lipinski definition) is 3. The molecule has 3 rings (SSSR count). The Labute approximate surface area is 125 Å². The van der Waals surface area contributed by atoms with E-state index < -0.39 is 0 Å². The van der Waals surface area contributed by atoms with E-state index in [0.717, 1.165) is 33.3 Å². The Morgan fingerprint density at radius 3 is 2.85 bits per heavy atom. The lowest BCUT2D eigenvalue weighted by atomic mass is 10.1. The third-order valence-corrected chi connectivity index (χ3v) is 3.82. The number of rotatable bonds is 2. The van der Waals surface area contributed by atoms with E-state index in [0.29, 0.717) is 5.95 Å². The van der Waals surface area contributed by atoms with E-state index in [-0.39, 0.29) is 0 Å². The van der Waals surface area contributed by atoms with Gasteiger partial charge in [-0.25, -0.2) is 9.97 Å². The van der Waals surface area contributed by atoms with Crippen LogP contribution in [0.3, 0.4) is 0 Å². The monoisotopic (exact) mass is 330 g/mol. The van der Waals surface area contributed by atoms with Crippen molar-refractivity contribution in [1.29, 1.82) is 0 Å². The summed E-state index contributed by atoms with van der Waals surface area (Å²) in [5, 5.41) is 0. The van der Waals surface area contributed by atoms with Crippen LogP contribution in [0.15, 0.2) is 34.9 Å². The minimum atomic E-state index is 0.468. The SMILES string of the molecule is CCc1cc(Br)ccc1-n1c(N)nc2cc(C)cnc21. The number of nitrogens with zero attached hydrogens (tertiary/aromatic N) is 3. The Morgan fingerprint density at radius 2 is 2.10 bits per heavy atom. The van der Waals surface area contributed by atoms with Gasteiger partial charge >= 0.3 is 0 Å². The maximum atomic E-state index is 6.10. The lowest BCUT2D eigenvalue weighted by Crippen LogP contribution is -2.04. The van der Waals surface area contributed by atoms with E-state index in [2.05, 4.69) is 38.9 Å². The van der Waals surface area contributed by atoms with Crippen LogP contribution in [0.1, 0.15) is 18.1 Å². The number of anilines is 1. The number of imidazole rings is 1. The molecule has 3 aromatic rings. The second kappa shape index (κ2) is 4.90. The van der Waals surface area contributed by atoms with Crippen LogP contribution in [0.4, 0.5) is 5.95 Å². The van der Waals surface area contributed by atoms with Gasteiger partial charge in [-0.05, 0) is 48.7 Å². The van der Waals surface area contributed by atoms with Crippen molar-refractivity contribution >= 4 is 33.0 Å². The van der Waals surface area contributed by atoms with Crippen LogP contribution in [0, 0.1) is 6.92 Å². The number of aryl methyl sites for hydroxylation is 2. The molecule has 0 atom stereocenters. The van der Waals surface area contributed by atoms with Gasteiger partial charge in [-0.3, -0.25) is 4.57 Å². The van der Waals surface area contributed by atoms with Crippen molar-refractivity contribution in [3.63, 3.8) is 0 Å². The predicted octanol–water partition coefficient (Wildman–Crippen LogP) is 3.64. The maximum absolute atomic E-state index is 6.10. The van der Waals surface area contributed by atoms with Crippen molar-refractivity contribution in [3.05, 3.63) is 46.1 Å². The summed E-state index contributed by atoms with van der Waals surface area (Å²) in [5.74, 6) is 0.468. The molecule has 0 bridgehead atoms. The molecular weight excluding hydrogens is 316 g/mol. The molecule has 0 fully saturated rings. The average Bonchev–Trinajstić information content (AvgIpc) is 2.73. The van der Waals surface area contributed by atoms with E-state index in [1.54, 1.807) is 0 Å². The molecule has 0 spiro atoms. The molecule has 1 aromatic carbocycles. The van der Waals surface area contributed by atoms with E-state index in [1.807, 2.05) is 35.9 Å². The quantitative estimate of drug-likeness (QED) is 0.780. The predicted molar refractivity (Wildman–Crippen MR) is 85.1 cm³/mol. The van der Waals surface area contributed by atoms with Gasteiger partial charge in [-0.2, -0.15) is 0 Å². The van der Waals surface area contributed by atoms with Crippen molar-refractivity contribution in [2.75, 3.05) is 5.73 Å². The van der Waals surface area contributed by atoms with Crippen LogP contribution in [0.2, 0.25) is 0 Å². The van der Waals surface area contributed by atoms with Crippen molar-refractivity contribution in [2.24, 2.45) is 0 Å². The molecule has 0 aliphatic rings. The molecule has 5 heteroatoms. The fourth-order valence-corrected chi connectivity index (χ4v) is 2.78. The van der Waals surface area contributed by atoms with Crippen LogP contribution in [0.25, 0.3) is 16.9 Å². The molecule has 0 aliphatic heterocycles. The van der Waals surface area contributed by atoms with E-state index in [1.165, 1.54) is 5.56 Å². The van der Waals surface area contributed by atoms with Crippen LogP contribution < -0.4 is 5.73 Å². The first kappa shape index (κ1) is 13.1. The van der Waals surface area contributed by atoms with Crippen molar-refractivity contribution in [1.82, 2.24) is 14.5 Å². The molecule has 0 saturated carbocycles. The molecular formula is C15H15BrN4. The van der Waals surface area contributed by atoms with Crippen LogP contribution in [-0.2, 0) is 6.42 Å². The molecule has 2 aromatic heterocycles. The zero-order chi connectivity index (χ0) is 14.3. The Balaban J connectivity index is 2.32. The molecule has 2 N–H and O–H groups in total. The standard InChI is InChI=1S/C15H15BrN4/c1-3-10-7-11(16)4-5-13(10)20-14-12(19-15(20)17)6-9(2)8-18-14/h4-8H,3H2,1-2H3,(H2,17,19). The highest BCUT2D eigenvalue weighted by atomic mass is 79.9. The average molecular weight is 331 g/mol. The largest absolute Gasteiger partial charge is 0.369 e. The molecule has 0 saturated heterocycles. The summed E-state index contributed by atoms with van der Waals surface area (Å²) in [6.45, 7) is 4.12. The Bertz CT molecular complexity index is 792. The lowest BCUT2D eigenvalue weighted by Gasteiger charge is -2.11. The topological polar surface area (TPSA) is 56.7 Å². The minimum absolute atomic E-state index is 0.468. The fourth-order valence-electron chi connectivity index (χ4n) is 2.38. The Hall–Kier alpha value is -1.88. The highest BCUT2D eigenvalue weighted by Gasteiger charge is 2.14. The van der Waals surface area contributed by atoms with Gasteiger partial charge in [0.1, 0.15) is 5.52 Å². The first-order valence-corrected chi connectivity index (χ1v) is 7.29. The first-order chi connectivity index (χ1) is 9.60. The highest BCUT2D eigenvalue weighted by molar-refractivity contribution is 9.10. The van der Waals surface area contributed by atoms with Gasteiger partial charge in [0.25, 0.3) is 0 Å². The number of halogens is 1. The Kier molecular flexibility index (Phi) is 3.22. The van der Waals surface area contributed by atoms with Gasteiger partial charge in [0.2, 0.25) is 5.95 Å². The second-order valence-electron chi connectivity index (χ2n) is 4.79. The smallest absolute Gasteiger partial charge is 0.207 e. The molecule has 4 nitrogen and oxygen atoms in total. The van der Waals surface area contributed by atoms with Gasteiger partial charge in [0.15, 0.2) is 5.65 Å². The van der Waals surface area contributed by atoms with Gasteiger partial charge < -0.3 is 5.73 Å². The Morgan fingerprint density at radius 1 is 1.30 bits per heavy atom. The normalized spacial score (nSPS) is 11.2. The van der Waals surface area contributed by atoms with Crippen LogP contribution in [-0.4, -0.2) is 14.5 Å². The number of pyridine rings is 1. The van der Waals surface area contributed by atoms with Crippen molar-refractivity contribution in [2.45, 2.75) is 20.3 Å². The number of benzene rings is 1. The number of hydrogen-bond donors (Lipinski definition) is 1. The summed E-state index contributed by atoms with van der Waals surface area (Å²) in [7, 11) is 0. The van der Waals surface area contributed by atoms with Gasteiger partial charge in [-0.1, -0.05) is 22.9 Å². The van der Waals surface area contributed by atoms with Crippen LogP contribution >= 0.6 is 15.9 Å². The zero-order valence-electron chi connectivity index (χ0n) is 11.4. The molecule has 102 valence electrons. The second-order valence-corrected chi connectivity index (χ2v) is 5.70. The first-order valence-electron chi connectivity index (χ1n) is 6.49. The summed E-state index contributed by atoms with van der Waals surface area (Å²) in [5.41, 5.74) is 11.0. The van der Waals surface area contributed by atoms with Gasteiger partial charge in [-0.15, -0.1) is 0 Å². The summed E-state index contributed by atoms with van der Waals surface area (Å²) < 4.78 is 2.98. The molecule has 0 amide bonds. The van der Waals surface area contributed by atoms with Gasteiger partial charge in [0.05, 0.1) is 5.69 Å². The lowest BCUT2D eigenvalue weighted by molar-refractivity contribution is 1.02. The summed E-state index contributed by atoms with van der Waals surface area (Å²) >= 11 is 3.51. The van der Waals surface area contributed by atoms with E-state index in [4.69, 9.17) is 5.73 Å². The molecule has 0 unspecified atom stereocenters. The third kappa shape index (κ3) is 2.08. The highest BCUT2D eigenvalue weighted by Crippen LogP contribution is 2.27. The summed E-state index contributed by atoms with van der Waals surface area (Å²) in [6, 6.07) is 8.16. The van der Waals surface area contributed by atoms with Crippen molar-refractivity contribution in [3.8, 4) is 5.69 Å². The molecule has 2 heterocycles. The number of nitrogen functional groups attached to an aromatic ring is 1. The molecule has 0 radical (unpaired) electrons. The minimum Gasteiger partial charge on any atom is -0.369 e. The summed E-state index contributed by atoms with van der Waals surface area (Å²) in [6.07, 6.45) is 2.75. The maximum Gasteiger partial charge on any atom is 0.207 e. The van der Waals surface area contributed by atoms with Crippen molar-refractivity contribution < 1.29 is 0 Å². The molecule has 0 aliphatic carbocycles. The fraction of sp³-hybridized carbons (Fsp3) is 0.200. The third-order valence-electron chi connectivity index (χ3n) is 3.32. The van der Waals surface area contributed by atoms with Gasteiger partial charge in [0, 0.05) is 10.7 Å².